The van der Waals surface area contributed by atoms with Gasteiger partial charge < -0.3 is 15.5 Å². The monoisotopic (exact) mass is 490 g/mol. The lowest BCUT2D eigenvalue weighted by atomic mass is 10.0. The maximum atomic E-state index is 13.4. The lowest BCUT2D eigenvalue weighted by Gasteiger charge is -2.21. The third-order valence-corrected chi connectivity index (χ3v) is 5.85. The van der Waals surface area contributed by atoms with E-state index >= 15 is 0 Å². The van der Waals surface area contributed by atoms with Gasteiger partial charge in [-0.2, -0.15) is 0 Å². The molecule has 1 heterocycles. The predicted octanol–water partition coefficient (Wildman–Crippen LogP) is 3.17. The number of likely N-dealkylation sites (N-methyl/N-ethyl adjacent to an activating group) is 1. The minimum Gasteiger partial charge on any atom is -0.351 e. The van der Waals surface area contributed by atoms with E-state index in [-0.39, 0.29) is 12.1 Å². The minimum atomic E-state index is -1.27. The van der Waals surface area contributed by atoms with Crippen LogP contribution in [0.1, 0.15) is 23.6 Å². The zero-order chi connectivity index (χ0) is 25.8. The standard InChI is InChI=1S/C27H24F2N4O3/c1-16(25(34)30-15-17-12-19(28)14-20(29)13-17)26(35)32-24-27(36)33(2)22-11-7-6-10-21(22)23(31-24)18-8-4-3-5-9-18/h3-14,16,24H,15H2,1-2H3,(H,30,34)(H,32,35). The van der Waals surface area contributed by atoms with Gasteiger partial charge in [-0.25, -0.2) is 13.8 Å². The maximum absolute atomic E-state index is 13.4. The van der Waals surface area contributed by atoms with Crippen LogP contribution >= 0.6 is 0 Å². The molecule has 0 fully saturated rings. The number of nitrogens with zero attached hydrogens (tertiary/aromatic N) is 2. The van der Waals surface area contributed by atoms with Gasteiger partial charge in [0, 0.05) is 30.8 Å². The lowest BCUT2D eigenvalue weighted by Crippen LogP contribution is -2.49. The number of halogens is 2. The molecule has 2 atom stereocenters. The van der Waals surface area contributed by atoms with Gasteiger partial charge in [0.15, 0.2) is 0 Å². The Morgan fingerprint density at radius 2 is 1.61 bits per heavy atom. The van der Waals surface area contributed by atoms with Gasteiger partial charge in [-0.3, -0.25) is 14.4 Å². The molecular weight excluding hydrogens is 466 g/mol. The van der Waals surface area contributed by atoms with Crippen LogP contribution in [0.2, 0.25) is 0 Å². The number of rotatable bonds is 6. The molecule has 0 bridgehead atoms. The van der Waals surface area contributed by atoms with E-state index in [9.17, 15) is 23.2 Å². The highest BCUT2D eigenvalue weighted by molar-refractivity contribution is 6.20. The van der Waals surface area contributed by atoms with Crippen LogP contribution in [0, 0.1) is 17.6 Å². The molecule has 1 aliphatic rings. The van der Waals surface area contributed by atoms with Crippen LogP contribution in [0.4, 0.5) is 14.5 Å². The normalized spacial score (nSPS) is 15.9. The van der Waals surface area contributed by atoms with Crippen molar-refractivity contribution in [3.63, 3.8) is 0 Å². The van der Waals surface area contributed by atoms with Gasteiger partial charge in [0.05, 0.1) is 11.4 Å². The summed E-state index contributed by atoms with van der Waals surface area (Å²) >= 11 is 0. The highest BCUT2D eigenvalue weighted by Gasteiger charge is 2.33. The molecule has 3 aromatic rings. The highest BCUT2D eigenvalue weighted by atomic mass is 19.1. The van der Waals surface area contributed by atoms with Crippen molar-refractivity contribution in [2.45, 2.75) is 19.6 Å². The van der Waals surface area contributed by atoms with E-state index in [1.54, 1.807) is 19.2 Å². The highest BCUT2D eigenvalue weighted by Crippen LogP contribution is 2.27. The van der Waals surface area contributed by atoms with Gasteiger partial charge in [0.2, 0.25) is 18.0 Å². The topological polar surface area (TPSA) is 90.9 Å². The van der Waals surface area contributed by atoms with Gasteiger partial charge in [0.25, 0.3) is 5.91 Å². The SMILES string of the molecule is CC(C(=O)NCc1cc(F)cc(F)c1)C(=O)NC1N=C(c2ccccc2)c2ccccc2N(C)C1=O. The molecule has 1 aliphatic heterocycles. The van der Waals surface area contributed by atoms with Crippen LogP contribution in [0.5, 0.6) is 0 Å². The summed E-state index contributed by atoms with van der Waals surface area (Å²) in [5, 5.41) is 5.06. The number of benzene rings is 3. The summed E-state index contributed by atoms with van der Waals surface area (Å²) < 4.78 is 26.8. The van der Waals surface area contributed by atoms with E-state index in [1.165, 1.54) is 11.8 Å². The van der Waals surface area contributed by atoms with E-state index in [0.717, 1.165) is 29.3 Å². The molecule has 0 spiro atoms. The minimum absolute atomic E-state index is 0.165. The summed E-state index contributed by atoms with van der Waals surface area (Å²) in [6, 6.07) is 19.5. The van der Waals surface area contributed by atoms with Crippen LogP contribution in [0.25, 0.3) is 0 Å². The Labute approximate surface area is 206 Å². The number of fused-ring (bicyclic) bond motifs is 1. The number of carbonyl (C=O) groups excluding carboxylic acids is 3. The van der Waals surface area contributed by atoms with Crippen LogP contribution < -0.4 is 15.5 Å². The van der Waals surface area contributed by atoms with E-state index < -0.39 is 41.4 Å². The molecule has 36 heavy (non-hydrogen) atoms. The quantitative estimate of drug-likeness (QED) is 0.520. The number of para-hydroxylation sites is 1. The van der Waals surface area contributed by atoms with Crippen molar-refractivity contribution < 1.29 is 23.2 Å². The number of carbonyl (C=O) groups is 3. The van der Waals surface area contributed by atoms with Crippen molar-refractivity contribution >= 4 is 29.1 Å². The second-order valence-corrected chi connectivity index (χ2v) is 8.39. The number of anilines is 1. The maximum Gasteiger partial charge on any atom is 0.272 e. The van der Waals surface area contributed by atoms with Crippen molar-refractivity contribution in [2.75, 3.05) is 11.9 Å². The second kappa shape index (κ2) is 10.5. The number of aliphatic imine (C=N–C) groups is 1. The molecule has 2 N–H and O–H groups in total. The molecule has 0 saturated heterocycles. The Balaban J connectivity index is 1.54. The summed E-state index contributed by atoms with van der Waals surface area (Å²) in [5.41, 5.74) is 2.86. The summed E-state index contributed by atoms with van der Waals surface area (Å²) in [6.07, 6.45) is -1.27. The molecule has 9 heteroatoms. The Bertz CT molecular complexity index is 1320. The molecule has 0 radical (unpaired) electrons. The first-order chi connectivity index (χ1) is 17.2. The van der Waals surface area contributed by atoms with Crippen LogP contribution in [0.15, 0.2) is 77.8 Å². The molecule has 184 valence electrons. The van der Waals surface area contributed by atoms with Crippen molar-refractivity contribution in [1.82, 2.24) is 10.6 Å². The van der Waals surface area contributed by atoms with Crippen LogP contribution in [-0.2, 0) is 20.9 Å². The molecule has 4 rings (SSSR count). The smallest absolute Gasteiger partial charge is 0.272 e. The summed E-state index contributed by atoms with van der Waals surface area (Å²) in [6.45, 7) is 1.21. The predicted molar refractivity (Wildman–Crippen MR) is 131 cm³/mol. The third kappa shape index (κ3) is 5.30. The first kappa shape index (κ1) is 24.7. The zero-order valence-electron chi connectivity index (χ0n) is 19.7. The number of nitrogens with one attached hydrogen (secondary N) is 2. The van der Waals surface area contributed by atoms with E-state index in [2.05, 4.69) is 15.6 Å². The molecule has 0 saturated carbocycles. The summed E-state index contributed by atoms with van der Waals surface area (Å²) in [5.74, 6) is -4.58. The largest absolute Gasteiger partial charge is 0.351 e. The number of amides is 3. The van der Waals surface area contributed by atoms with Crippen molar-refractivity contribution in [1.29, 1.82) is 0 Å². The van der Waals surface area contributed by atoms with Crippen LogP contribution in [-0.4, -0.2) is 36.6 Å². The Hall–Kier alpha value is -4.40. The molecule has 0 aliphatic carbocycles. The first-order valence-corrected chi connectivity index (χ1v) is 11.3. The summed E-state index contributed by atoms with van der Waals surface area (Å²) in [4.78, 5) is 44.7. The van der Waals surface area contributed by atoms with E-state index in [4.69, 9.17) is 0 Å². The van der Waals surface area contributed by atoms with Crippen molar-refractivity contribution in [3.05, 3.63) is 101 Å². The van der Waals surface area contributed by atoms with Gasteiger partial charge in [-0.15, -0.1) is 0 Å². The third-order valence-electron chi connectivity index (χ3n) is 5.85. The van der Waals surface area contributed by atoms with Gasteiger partial charge in [-0.1, -0.05) is 48.5 Å². The Morgan fingerprint density at radius 3 is 2.31 bits per heavy atom. The molecule has 0 aromatic heterocycles. The Morgan fingerprint density at radius 1 is 0.972 bits per heavy atom. The fraction of sp³-hybridized carbons (Fsp3) is 0.185. The average molecular weight is 491 g/mol. The molecule has 3 aromatic carbocycles. The Kier molecular flexibility index (Phi) is 7.19. The van der Waals surface area contributed by atoms with E-state index in [1.807, 2.05) is 42.5 Å². The van der Waals surface area contributed by atoms with Gasteiger partial charge in [0.1, 0.15) is 17.6 Å². The molecule has 2 unspecified atom stereocenters. The van der Waals surface area contributed by atoms with Gasteiger partial charge >= 0.3 is 0 Å². The van der Waals surface area contributed by atoms with Gasteiger partial charge in [-0.05, 0) is 30.7 Å². The molecule has 3 amide bonds. The molecule has 7 nitrogen and oxygen atoms in total. The number of hydrogen-bond acceptors (Lipinski definition) is 4. The first-order valence-electron chi connectivity index (χ1n) is 11.3. The fourth-order valence-corrected chi connectivity index (χ4v) is 3.88. The van der Waals surface area contributed by atoms with E-state index in [0.29, 0.717) is 11.4 Å². The number of hydrogen-bond donors (Lipinski definition) is 2. The summed E-state index contributed by atoms with van der Waals surface area (Å²) in [7, 11) is 1.60. The zero-order valence-corrected chi connectivity index (χ0v) is 19.7. The lowest BCUT2D eigenvalue weighted by molar-refractivity contribution is -0.136. The fourth-order valence-electron chi connectivity index (χ4n) is 3.88. The van der Waals surface area contributed by atoms with Crippen LogP contribution in [0.3, 0.4) is 0 Å². The second-order valence-electron chi connectivity index (χ2n) is 8.39. The average Bonchev–Trinajstić information content (AvgIpc) is 2.97. The van der Waals surface area contributed by atoms with Crippen molar-refractivity contribution in [2.24, 2.45) is 10.9 Å². The molecular formula is C27H24F2N4O3. The number of benzodiazepines with no additional fused rings is 1. The van der Waals surface area contributed by atoms with Crippen molar-refractivity contribution in [3.8, 4) is 0 Å².